The molecule has 1 saturated heterocycles. The Bertz CT molecular complexity index is 402. The van der Waals surface area contributed by atoms with E-state index in [9.17, 15) is 0 Å². The van der Waals surface area contributed by atoms with Crippen LogP contribution < -0.4 is 11.3 Å². The fourth-order valence-electron chi connectivity index (χ4n) is 2.36. The van der Waals surface area contributed by atoms with Crippen molar-refractivity contribution in [2.75, 3.05) is 25.1 Å². The summed E-state index contributed by atoms with van der Waals surface area (Å²) in [6.45, 7) is 3.03. The maximum Gasteiger partial charge on any atom is 0.140 e. The van der Waals surface area contributed by atoms with Gasteiger partial charge >= 0.3 is 0 Å². The lowest BCUT2D eigenvalue weighted by atomic mass is 10.1. The van der Waals surface area contributed by atoms with Gasteiger partial charge in [0.25, 0.3) is 0 Å². The zero-order valence-electron chi connectivity index (χ0n) is 10.3. The Kier molecular flexibility index (Phi) is 4.77. The molecule has 6 heteroatoms. The Morgan fingerprint density at radius 2 is 2.39 bits per heavy atom. The van der Waals surface area contributed by atoms with Crippen molar-refractivity contribution in [3.8, 4) is 0 Å². The van der Waals surface area contributed by atoms with E-state index in [1.54, 1.807) is 12.1 Å². The second-order valence-electron chi connectivity index (χ2n) is 4.67. The van der Waals surface area contributed by atoms with Crippen LogP contribution in [0.25, 0.3) is 0 Å². The van der Waals surface area contributed by atoms with Gasteiger partial charge in [-0.1, -0.05) is 11.6 Å². The number of nitrogens with zero attached hydrogens (tertiary/aromatic N) is 2. The van der Waals surface area contributed by atoms with Crippen LogP contribution in [0.15, 0.2) is 12.1 Å². The molecule has 2 heterocycles. The van der Waals surface area contributed by atoms with E-state index < -0.39 is 0 Å². The first-order chi connectivity index (χ1) is 8.72. The van der Waals surface area contributed by atoms with Gasteiger partial charge in [0, 0.05) is 19.7 Å². The Balaban J connectivity index is 1.97. The third-order valence-electron chi connectivity index (χ3n) is 3.35. The van der Waals surface area contributed by atoms with Crippen molar-refractivity contribution >= 4 is 17.4 Å². The van der Waals surface area contributed by atoms with E-state index in [2.05, 4.69) is 15.3 Å². The van der Waals surface area contributed by atoms with E-state index in [0.717, 1.165) is 38.2 Å². The number of aliphatic hydroxyl groups is 1. The minimum absolute atomic E-state index is 0.268. The highest BCUT2D eigenvalue weighted by atomic mass is 35.5. The van der Waals surface area contributed by atoms with Gasteiger partial charge in [-0.2, -0.15) is 0 Å². The van der Waals surface area contributed by atoms with Gasteiger partial charge < -0.3 is 10.5 Å². The highest BCUT2D eigenvalue weighted by Gasteiger charge is 2.22. The Morgan fingerprint density at radius 3 is 3.11 bits per heavy atom. The molecule has 1 aromatic rings. The highest BCUT2D eigenvalue weighted by molar-refractivity contribution is 6.31. The quantitative estimate of drug-likeness (QED) is 0.554. The van der Waals surface area contributed by atoms with Crippen LogP contribution in [0.1, 0.15) is 18.5 Å². The maximum atomic E-state index is 8.94. The fourth-order valence-corrected chi connectivity index (χ4v) is 2.53. The molecule has 0 aromatic carbocycles. The summed E-state index contributed by atoms with van der Waals surface area (Å²) in [7, 11) is 0. The predicted octanol–water partition coefficient (Wildman–Crippen LogP) is 1.22. The number of nitrogens with two attached hydrogens (primary N) is 1. The molecule has 0 radical (unpaired) electrons. The van der Waals surface area contributed by atoms with Crippen molar-refractivity contribution in [1.29, 1.82) is 0 Å². The monoisotopic (exact) mass is 270 g/mol. The minimum Gasteiger partial charge on any atom is -0.396 e. The molecule has 4 N–H and O–H groups in total. The lowest BCUT2D eigenvalue weighted by molar-refractivity contribution is 0.249. The fraction of sp³-hybridized carbons (Fsp3) is 0.583. The van der Waals surface area contributed by atoms with Crippen molar-refractivity contribution in [1.82, 2.24) is 9.88 Å². The van der Waals surface area contributed by atoms with Gasteiger partial charge in [-0.25, -0.2) is 10.8 Å². The number of hydrazine groups is 1. The predicted molar refractivity (Wildman–Crippen MR) is 72.1 cm³/mol. The van der Waals surface area contributed by atoms with Gasteiger partial charge in [0.1, 0.15) is 5.82 Å². The molecule has 0 spiro atoms. The van der Waals surface area contributed by atoms with Crippen molar-refractivity contribution in [3.63, 3.8) is 0 Å². The molecule has 1 fully saturated rings. The maximum absolute atomic E-state index is 8.94. The molecule has 2 rings (SSSR count). The molecule has 100 valence electrons. The molecule has 18 heavy (non-hydrogen) atoms. The molecule has 1 aliphatic heterocycles. The Hall–Kier alpha value is -0.880. The van der Waals surface area contributed by atoms with Crippen LogP contribution in [-0.2, 0) is 6.54 Å². The first-order valence-corrected chi connectivity index (χ1v) is 6.56. The molecule has 0 saturated carbocycles. The highest BCUT2D eigenvalue weighted by Crippen LogP contribution is 2.23. The molecule has 5 nitrogen and oxygen atoms in total. The van der Waals surface area contributed by atoms with Gasteiger partial charge in [0.2, 0.25) is 0 Å². The van der Waals surface area contributed by atoms with Crippen LogP contribution in [0, 0.1) is 5.92 Å². The van der Waals surface area contributed by atoms with Gasteiger partial charge in [-0.3, -0.25) is 4.90 Å². The number of aliphatic hydroxyl groups excluding tert-OH is 1. The largest absolute Gasteiger partial charge is 0.396 e. The van der Waals surface area contributed by atoms with Crippen LogP contribution in [0.3, 0.4) is 0 Å². The summed E-state index contributed by atoms with van der Waals surface area (Å²) in [5.74, 6) is 6.55. The van der Waals surface area contributed by atoms with Crippen molar-refractivity contribution in [2.24, 2.45) is 11.8 Å². The third-order valence-corrected chi connectivity index (χ3v) is 3.69. The number of anilines is 1. The van der Waals surface area contributed by atoms with Gasteiger partial charge in [-0.15, -0.1) is 0 Å². The summed E-state index contributed by atoms with van der Waals surface area (Å²) >= 11 is 6.13. The van der Waals surface area contributed by atoms with Crippen molar-refractivity contribution < 1.29 is 5.11 Å². The number of nitrogens with one attached hydrogen (secondary N) is 1. The molecular weight excluding hydrogens is 252 g/mol. The summed E-state index contributed by atoms with van der Waals surface area (Å²) in [6, 6.07) is 3.56. The number of hydrogen-bond acceptors (Lipinski definition) is 5. The van der Waals surface area contributed by atoms with Gasteiger partial charge in [0.05, 0.1) is 10.7 Å². The zero-order valence-corrected chi connectivity index (χ0v) is 11.0. The van der Waals surface area contributed by atoms with Crippen LogP contribution in [0.2, 0.25) is 5.02 Å². The topological polar surface area (TPSA) is 74.4 Å². The Morgan fingerprint density at radius 1 is 1.56 bits per heavy atom. The average molecular weight is 271 g/mol. The second kappa shape index (κ2) is 6.33. The molecule has 0 aliphatic carbocycles. The molecule has 0 amide bonds. The van der Waals surface area contributed by atoms with E-state index in [1.807, 2.05) is 0 Å². The molecule has 1 aliphatic rings. The standard InChI is InChI=1S/C12H19ClN4O/c13-10-1-2-12(16-14)15-11(10)8-17-5-3-9(7-17)4-6-18/h1-2,9,18H,3-8,14H2,(H,15,16). The van der Waals surface area contributed by atoms with Crippen molar-refractivity contribution in [3.05, 3.63) is 22.8 Å². The van der Waals surface area contributed by atoms with Gasteiger partial charge in [-0.05, 0) is 37.4 Å². The van der Waals surface area contributed by atoms with E-state index in [-0.39, 0.29) is 6.61 Å². The first-order valence-electron chi connectivity index (χ1n) is 6.18. The van der Waals surface area contributed by atoms with Gasteiger partial charge in [0.15, 0.2) is 0 Å². The summed E-state index contributed by atoms with van der Waals surface area (Å²) in [5.41, 5.74) is 3.37. The average Bonchev–Trinajstić information content (AvgIpc) is 2.80. The summed E-state index contributed by atoms with van der Waals surface area (Å²) in [5, 5.41) is 9.61. The second-order valence-corrected chi connectivity index (χ2v) is 5.08. The van der Waals surface area contributed by atoms with Crippen LogP contribution in [0.4, 0.5) is 5.82 Å². The molecule has 1 unspecified atom stereocenters. The molecular formula is C12H19ClN4O. The number of rotatable bonds is 5. The van der Waals surface area contributed by atoms with Crippen LogP contribution >= 0.6 is 11.6 Å². The first kappa shape index (κ1) is 13.5. The Labute approximate surface area is 112 Å². The smallest absolute Gasteiger partial charge is 0.140 e. The number of nitrogen functional groups attached to an aromatic ring is 1. The number of likely N-dealkylation sites (tertiary alicyclic amines) is 1. The molecule has 1 aromatic heterocycles. The lowest BCUT2D eigenvalue weighted by Gasteiger charge is -2.16. The molecule has 1 atom stereocenters. The zero-order chi connectivity index (χ0) is 13.0. The van der Waals surface area contributed by atoms with Crippen LogP contribution in [-0.4, -0.2) is 34.7 Å². The van der Waals surface area contributed by atoms with E-state index in [4.69, 9.17) is 22.6 Å². The summed E-state index contributed by atoms with van der Waals surface area (Å²) in [4.78, 5) is 6.68. The number of pyridine rings is 1. The lowest BCUT2D eigenvalue weighted by Crippen LogP contribution is -2.21. The summed E-state index contributed by atoms with van der Waals surface area (Å²) < 4.78 is 0. The normalized spacial score (nSPS) is 20.3. The number of aromatic nitrogens is 1. The SMILES string of the molecule is NNc1ccc(Cl)c(CN2CCC(CCO)C2)n1. The van der Waals surface area contributed by atoms with Crippen LogP contribution in [0.5, 0.6) is 0 Å². The minimum atomic E-state index is 0.268. The van der Waals surface area contributed by atoms with E-state index in [0.29, 0.717) is 16.8 Å². The molecule has 0 bridgehead atoms. The van der Waals surface area contributed by atoms with Crippen molar-refractivity contribution in [2.45, 2.75) is 19.4 Å². The summed E-state index contributed by atoms with van der Waals surface area (Å²) in [6.07, 6.45) is 2.01. The number of hydrogen-bond donors (Lipinski definition) is 3. The number of halogens is 1. The van der Waals surface area contributed by atoms with E-state index >= 15 is 0 Å². The third kappa shape index (κ3) is 3.32. The van der Waals surface area contributed by atoms with E-state index in [1.165, 1.54) is 0 Å².